The van der Waals surface area contributed by atoms with Gasteiger partial charge in [0, 0.05) is 19.6 Å². The minimum Gasteiger partial charge on any atom is -0.342 e. The maximum Gasteiger partial charge on any atom is 0.343 e. The lowest BCUT2D eigenvalue weighted by Crippen LogP contribution is -2.35. The molecule has 0 saturated heterocycles. The van der Waals surface area contributed by atoms with Crippen LogP contribution in [0.4, 0.5) is 0 Å². The van der Waals surface area contributed by atoms with Gasteiger partial charge in [-0.3, -0.25) is 9.36 Å². The fourth-order valence-electron chi connectivity index (χ4n) is 2.25. The minimum atomic E-state index is -0.199. The van der Waals surface area contributed by atoms with Crippen LogP contribution in [-0.2, 0) is 11.3 Å². The van der Waals surface area contributed by atoms with Gasteiger partial charge >= 0.3 is 5.69 Å². The van der Waals surface area contributed by atoms with Gasteiger partial charge < -0.3 is 4.90 Å². The van der Waals surface area contributed by atoms with E-state index in [9.17, 15) is 9.59 Å². The molecule has 0 spiro atoms. The van der Waals surface area contributed by atoms with Gasteiger partial charge in [0.15, 0.2) is 5.16 Å². The maximum atomic E-state index is 12.3. The van der Waals surface area contributed by atoms with Crippen molar-refractivity contribution < 1.29 is 4.79 Å². The van der Waals surface area contributed by atoms with Crippen molar-refractivity contribution in [3.63, 3.8) is 0 Å². The predicted octanol–water partition coefficient (Wildman–Crippen LogP) is 1.72. The zero-order valence-electron chi connectivity index (χ0n) is 12.8. The number of thioether (sulfide) groups is 1. The second-order valence-corrected chi connectivity index (χ2v) is 6.48. The van der Waals surface area contributed by atoms with E-state index in [1.54, 1.807) is 4.57 Å². The van der Waals surface area contributed by atoms with E-state index < -0.39 is 0 Å². The molecule has 1 N–H and O–H groups in total. The molecule has 1 aromatic heterocycles. The summed E-state index contributed by atoms with van der Waals surface area (Å²) >= 11 is 1.35. The number of carbonyl (C=O) groups excluding carboxylic acids is 1. The van der Waals surface area contributed by atoms with Crippen LogP contribution in [0.15, 0.2) is 9.95 Å². The van der Waals surface area contributed by atoms with Crippen LogP contribution in [0.2, 0.25) is 0 Å². The van der Waals surface area contributed by atoms with Gasteiger partial charge in [-0.05, 0) is 31.6 Å². The quantitative estimate of drug-likeness (QED) is 0.705. The first kappa shape index (κ1) is 16.1. The van der Waals surface area contributed by atoms with Crippen LogP contribution in [0.5, 0.6) is 0 Å². The third kappa shape index (κ3) is 4.62. The largest absolute Gasteiger partial charge is 0.343 e. The van der Waals surface area contributed by atoms with Crippen molar-refractivity contribution in [2.45, 2.75) is 51.2 Å². The van der Waals surface area contributed by atoms with E-state index in [1.165, 1.54) is 24.6 Å². The van der Waals surface area contributed by atoms with E-state index >= 15 is 0 Å². The monoisotopic (exact) mass is 312 g/mol. The van der Waals surface area contributed by atoms with Gasteiger partial charge in [0.25, 0.3) is 0 Å². The van der Waals surface area contributed by atoms with Crippen LogP contribution in [-0.4, -0.2) is 44.4 Å². The Bertz CT molecular complexity index is 521. The van der Waals surface area contributed by atoms with Gasteiger partial charge in [-0.2, -0.15) is 0 Å². The zero-order valence-corrected chi connectivity index (χ0v) is 13.6. The molecular formula is C14H24N4O2S. The summed E-state index contributed by atoms with van der Waals surface area (Å²) < 4.78 is 1.60. The Kier molecular flexibility index (Phi) is 5.90. The molecule has 0 radical (unpaired) electrons. The Morgan fingerprint density at radius 2 is 2.19 bits per heavy atom. The van der Waals surface area contributed by atoms with Crippen LogP contribution < -0.4 is 5.69 Å². The molecule has 7 heteroatoms. The number of aromatic amines is 1. The van der Waals surface area contributed by atoms with Gasteiger partial charge in [-0.1, -0.05) is 25.6 Å². The summed E-state index contributed by atoms with van der Waals surface area (Å²) in [7, 11) is 0. The lowest BCUT2D eigenvalue weighted by atomic mass is 10.3. The van der Waals surface area contributed by atoms with Crippen LogP contribution in [0.3, 0.4) is 0 Å². The van der Waals surface area contributed by atoms with Gasteiger partial charge in [0.05, 0.1) is 5.75 Å². The Morgan fingerprint density at radius 3 is 2.81 bits per heavy atom. The van der Waals surface area contributed by atoms with E-state index in [2.05, 4.69) is 17.1 Å². The number of hydrogen-bond acceptors (Lipinski definition) is 4. The smallest absolute Gasteiger partial charge is 0.342 e. The molecule has 0 bridgehead atoms. The molecule has 0 unspecified atom stereocenters. The van der Waals surface area contributed by atoms with Crippen LogP contribution in [0, 0.1) is 5.92 Å². The second-order valence-electron chi connectivity index (χ2n) is 5.53. The van der Waals surface area contributed by atoms with E-state index in [0.717, 1.165) is 25.9 Å². The molecule has 118 valence electrons. The predicted molar refractivity (Wildman–Crippen MR) is 83.5 cm³/mol. The SMILES string of the molecule is CCCN(CC1CC1)C(=O)CSc1n[nH]c(=O)n1CCC. The average molecular weight is 312 g/mol. The highest BCUT2D eigenvalue weighted by molar-refractivity contribution is 7.99. The lowest BCUT2D eigenvalue weighted by molar-refractivity contribution is -0.128. The first-order valence-corrected chi connectivity index (χ1v) is 8.70. The summed E-state index contributed by atoms with van der Waals surface area (Å²) in [6.07, 6.45) is 4.34. The average Bonchev–Trinajstić information content (AvgIpc) is 3.22. The highest BCUT2D eigenvalue weighted by atomic mass is 32.2. The summed E-state index contributed by atoms with van der Waals surface area (Å²) in [4.78, 5) is 25.9. The lowest BCUT2D eigenvalue weighted by Gasteiger charge is -2.21. The molecular weight excluding hydrogens is 288 g/mol. The minimum absolute atomic E-state index is 0.146. The van der Waals surface area contributed by atoms with Crippen LogP contribution in [0.25, 0.3) is 0 Å². The molecule has 1 aliphatic rings. The molecule has 0 aromatic carbocycles. The summed E-state index contributed by atoms with van der Waals surface area (Å²) in [6, 6.07) is 0. The Morgan fingerprint density at radius 1 is 1.43 bits per heavy atom. The maximum absolute atomic E-state index is 12.3. The highest BCUT2D eigenvalue weighted by Gasteiger charge is 2.26. The fraction of sp³-hybridized carbons (Fsp3) is 0.786. The second kappa shape index (κ2) is 7.68. The van der Waals surface area contributed by atoms with Crippen LogP contribution in [0.1, 0.15) is 39.5 Å². The van der Waals surface area contributed by atoms with Gasteiger partial charge in [-0.25, -0.2) is 9.89 Å². The van der Waals surface area contributed by atoms with E-state index in [4.69, 9.17) is 0 Å². The number of H-pyrrole nitrogens is 1. The normalized spacial score (nSPS) is 14.4. The third-order valence-corrected chi connectivity index (χ3v) is 4.48. The molecule has 2 rings (SSSR count). The summed E-state index contributed by atoms with van der Waals surface area (Å²) in [5.74, 6) is 1.20. The molecule has 0 atom stereocenters. The molecule has 1 aromatic rings. The van der Waals surface area contributed by atoms with E-state index in [-0.39, 0.29) is 11.6 Å². The molecule has 6 nitrogen and oxygen atoms in total. The number of rotatable bonds is 9. The van der Waals surface area contributed by atoms with Crippen molar-refractivity contribution in [2.24, 2.45) is 5.92 Å². The molecule has 1 heterocycles. The van der Waals surface area contributed by atoms with Gasteiger partial charge in [0.2, 0.25) is 5.91 Å². The summed E-state index contributed by atoms with van der Waals surface area (Å²) in [6.45, 7) is 6.44. The summed E-state index contributed by atoms with van der Waals surface area (Å²) in [5.41, 5.74) is -0.199. The number of amides is 1. The molecule has 21 heavy (non-hydrogen) atoms. The molecule has 1 amide bonds. The third-order valence-electron chi connectivity index (χ3n) is 3.52. The molecule has 0 aliphatic heterocycles. The molecule has 1 saturated carbocycles. The Balaban J connectivity index is 1.91. The van der Waals surface area contributed by atoms with Gasteiger partial charge in [-0.15, -0.1) is 5.10 Å². The Labute approximate surface area is 129 Å². The van der Waals surface area contributed by atoms with Crippen molar-refractivity contribution in [3.8, 4) is 0 Å². The molecule has 1 fully saturated rings. The van der Waals surface area contributed by atoms with Gasteiger partial charge in [0.1, 0.15) is 0 Å². The molecule has 1 aliphatic carbocycles. The summed E-state index contributed by atoms with van der Waals surface area (Å²) in [5, 5.41) is 7.07. The van der Waals surface area contributed by atoms with Crippen LogP contribution >= 0.6 is 11.8 Å². The number of hydrogen-bond donors (Lipinski definition) is 1. The first-order chi connectivity index (χ1) is 10.2. The number of nitrogens with zero attached hydrogens (tertiary/aromatic N) is 3. The fourth-order valence-corrected chi connectivity index (χ4v) is 3.13. The van der Waals surface area contributed by atoms with Crippen molar-refractivity contribution in [3.05, 3.63) is 10.5 Å². The van der Waals surface area contributed by atoms with Crippen molar-refractivity contribution >= 4 is 17.7 Å². The topological polar surface area (TPSA) is 71.0 Å². The first-order valence-electron chi connectivity index (χ1n) is 7.71. The van der Waals surface area contributed by atoms with Crippen molar-refractivity contribution in [1.29, 1.82) is 0 Å². The number of aromatic nitrogens is 3. The van der Waals surface area contributed by atoms with Crippen molar-refractivity contribution in [1.82, 2.24) is 19.7 Å². The van der Waals surface area contributed by atoms with E-state index in [0.29, 0.717) is 23.4 Å². The van der Waals surface area contributed by atoms with Crippen molar-refractivity contribution in [2.75, 3.05) is 18.8 Å². The standard InChI is InChI=1S/C14H24N4O2S/c1-3-7-17(9-11-5-6-11)12(19)10-21-14-16-15-13(20)18(14)8-4-2/h11H,3-10H2,1-2H3,(H,15,20). The Hall–Kier alpha value is -1.24. The highest BCUT2D eigenvalue weighted by Crippen LogP contribution is 2.30. The van der Waals surface area contributed by atoms with E-state index in [1.807, 2.05) is 11.8 Å². The zero-order chi connectivity index (χ0) is 15.2. The number of nitrogens with one attached hydrogen (secondary N) is 1. The number of carbonyl (C=O) groups is 1.